The molecule has 1 aromatic carbocycles. The summed E-state index contributed by atoms with van der Waals surface area (Å²) < 4.78 is 5.32. The standard InChI is InChI=1S/C14H17NO2/c1-14(2,3)13(16)9-8-15-10-6-5-7-11(17-4)12(9)10/h5-8,15H,1-4H3. The van der Waals surface area contributed by atoms with Crippen LogP contribution in [0.5, 0.6) is 5.75 Å². The molecule has 2 rings (SSSR count). The van der Waals surface area contributed by atoms with Crippen molar-refractivity contribution in [2.45, 2.75) is 20.8 Å². The molecule has 0 spiro atoms. The topological polar surface area (TPSA) is 42.1 Å². The second-order valence-corrected chi connectivity index (χ2v) is 5.16. The largest absolute Gasteiger partial charge is 0.496 e. The third-order valence-electron chi connectivity index (χ3n) is 2.81. The molecule has 0 unspecified atom stereocenters. The highest BCUT2D eigenvalue weighted by Crippen LogP contribution is 2.32. The summed E-state index contributed by atoms with van der Waals surface area (Å²) in [5, 5.41) is 0.870. The molecule has 0 atom stereocenters. The van der Waals surface area contributed by atoms with Crippen LogP contribution in [0.15, 0.2) is 24.4 Å². The maximum absolute atomic E-state index is 12.3. The lowest BCUT2D eigenvalue weighted by atomic mass is 9.86. The molecule has 0 saturated heterocycles. The zero-order valence-electron chi connectivity index (χ0n) is 10.6. The first kappa shape index (κ1) is 11.7. The van der Waals surface area contributed by atoms with Crippen molar-refractivity contribution in [3.8, 4) is 5.75 Å². The van der Waals surface area contributed by atoms with Crippen molar-refractivity contribution in [2.75, 3.05) is 7.11 Å². The highest BCUT2D eigenvalue weighted by atomic mass is 16.5. The number of aromatic amines is 1. The third-order valence-corrected chi connectivity index (χ3v) is 2.81. The van der Waals surface area contributed by atoms with E-state index in [-0.39, 0.29) is 5.78 Å². The zero-order valence-corrected chi connectivity index (χ0v) is 10.6. The Kier molecular flexibility index (Phi) is 2.69. The highest BCUT2D eigenvalue weighted by Gasteiger charge is 2.26. The summed E-state index contributed by atoms with van der Waals surface area (Å²) in [7, 11) is 1.62. The van der Waals surface area contributed by atoms with Crippen molar-refractivity contribution in [2.24, 2.45) is 5.41 Å². The predicted octanol–water partition coefficient (Wildman–Crippen LogP) is 3.41. The molecule has 0 saturated carbocycles. The number of carbonyl (C=O) groups is 1. The quantitative estimate of drug-likeness (QED) is 0.805. The number of hydrogen-bond donors (Lipinski definition) is 1. The van der Waals surface area contributed by atoms with Gasteiger partial charge in [-0.05, 0) is 12.1 Å². The molecule has 3 heteroatoms. The van der Waals surface area contributed by atoms with Crippen LogP contribution in [-0.4, -0.2) is 17.9 Å². The first-order valence-corrected chi connectivity index (χ1v) is 5.64. The Labute approximate surface area is 101 Å². The van der Waals surface area contributed by atoms with E-state index in [2.05, 4.69) is 4.98 Å². The number of fused-ring (bicyclic) bond motifs is 1. The number of ketones is 1. The Morgan fingerprint density at radius 1 is 1.29 bits per heavy atom. The van der Waals surface area contributed by atoms with Gasteiger partial charge in [0.2, 0.25) is 0 Å². The lowest BCUT2D eigenvalue weighted by Crippen LogP contribution is -2.19. The summed E-state index contributed by atoms with van der Waals surface area (Å²) >= 11 is 0. The van der Waals surface area contributed by atoms with Crippen LogP contribution in [0.25, 0.3) is 10.9 Å². The van der Waals surface area contributed by atoms with Gasteiger partial charge in [0.25, 0.3) is 0 Å². The number of aromatic nitrogens is 1. The predicted molar refractivity (Wildman–Crippen MR) is 68.6 cm³/mol. The molecule has 0 bridgehead atoms. The number of hydrogen-bond acceptors (Lipinski definition) is 2. The summed E-state index contributed by atoms with van der Waals surface area (Å²) in [6.45, 7) is 5.76. The van der Waals surface area contributed by atoms with E-state index in [4.69, 9.17) is 4.74 Å². The van der Waals surface area contributed by atoms with Gasteiger partial charge >= 0.3 is 0 Å². The van der Waals surface area contributed by atoms with Gasteiger partial charge in [0, 0.05) is 22.7 Å². The average molecular weight is 231 g/mol. The van der Waals surface area contributed by atoms with E-state index in [1.54, 1.807) is 13.3 Å². The minimum Gasteiger partial charge on any atom is -0.496 e. The normalized spacial score (nSPS) is 11.8. The monoisotopic (exact) mass is 231 g/mol. The van der Waals surface area contributed by atoms with Gasteiger partial charge in [-0.2, -0.15) is 0 Å². The number of benzene rings is 1. The fourth-order valence-electron chi connectivity index (χ4n) is 1.90. The molecule has 2 aromatic rings. The molecule has 0 aliphatic carbocycles. The molecule has 90 valence electrons. The number of ether oxygens (including phenoxy) is 1. The Morgan fingerprint density at radius 3 is 2.59 bits per heavy atom. The Balaban J connectivity index is 2.67. The Bertz CT molecular complexity index is 561. The first-order valence-electron chi connectivity index (χ1n) is 5.64. The van der Waals surface area contributed by atoms with Crippen molar-refractivity contribution >= 4 is 16.7 Å². The van der Waals surface area contributed by atoms with E-state index < -0.39 is 5.41 Å². The molecule has 1 heterocycles. The van der Waals surface area contributed by atoms with Gasteiger partial charge in [0.1, 0.15) is 5.75 Å². The lowest BCUT2D eigenvalue weighted by molar-refractivity contribution is 0.0860. The Hall–Kier alpha value is -1.77. The number of methoxy groups -OCH3 is 1. The molecule has 1 N–H and O–H groups in total. The first-order chi connectivity index (χ1) is 7.95. The van der Waals surface area contributed by atoms with Crippen molar-refractivity contribution in [1.82, 2.24) is 4.98 Å². The van der Waals surface area contributed by atoms with Crippen molar-refractivity contribution in [3.05, 3.63) is 30.0 Å². The van der Waals surface area contributed by atoms with E-state index in [1.165, 1.54) is 0 Å². The van der Waals surface area contributed by atoms with Gasteiger partial charge in [0.05, 0.1) is 12.5 Å². The average Bonchev–Trinajstić information content (AvgIpc) is 2.70. The van der Waals surface area contributed by atoms with E-state index in [0.717, 1.165) is 16.7 Å². The second kappa shape index (κ2) is 3.91. The number of carbonyl (C=O) groups excluding carboxylic acids is 1. The van der Waals surface area contributed by atoms with Crippen LogP contribution in [0.2, 0.25) is 0 Å². The van der Waals surface area contributed by atoms with Crippen LogP contribution in [-0.2, 0) is 0 Å². The van der Waals surface area contributed by atoms with Crippen molar-refractivity contribution in [1.29, 1.82) is 0 Å². The van der Waals surface area contributed by atoms with Gasteiger partial charge in [-0.15, -0.1) is 0 Å². The molecule has 1 aromatic heterocycles. The third kappa shape index (κ3) is 1.93. The summed E-state index contributed by atoms with van der Waals surface area (Å²) in [4.78, 5) is 15.4. The van der Waals surface area contributed by atoms with Crippen molar-refractivity contribution in [3.63, 3.8) is 0 Å². The van der Waals surface area contributed by atoms with Crippen LogP contribution in [0, 0.1) is 5.41 Å². The second-order valence-electron chi connectivity index (χ2n) is 5.16. The van der Waals surface area contributed by atoms with Crippen LogP contribution < -0.4 is 4.74 Å². The van der Waals surface area contributed by atoms with Crippen molar-refractivity contribution < 1.29 is 9.53 Å². The summed E-state index contributed by atoms with van der Waals surface area (Å²) in [6.07, 6.45) is 1.76. The smallest absolute Gasteiger partial charge is 0.170 e. The molecule has 0 radical (unpaired) electrons. The minimum absolute atomic E-state index is 0.119. The SMILES string of the molecule is COc1cccc2[nH]cc(C(=O)C(C)(C)C)c12. The lowest BCUT2D eigenvalue weighted by Gasteiger charge is -2.16. The molecular weight excluding hydrogens is 214 g/mol. The molecule has 0 aliphatic rings. The molecule has 0 aliphatic heterocycles. The number of H-pyrrole nitrogens is 1. The maximum atomic E-state index is 12.3. The van der Waals surface area contributed by atoms with Gasteiger partial charge in [-0.1, -0.05) is 26.8 Å². The minimum atomic E-state index is -0.393. The van der Waals surface area contributed by atoms with E-state index in [0.29, 0.717) is 5.56 Å². The summed E-state index contributed by atoms with van der Waals surface area (Å²) in [5.41, 5.74) is 1.23. The molecule has 0 fully saturated rings. The fourth-order valence-corrected chi connectivity index (χ4v) is 1.90. The van der Waals surface area contributed by atoms with Crippen LogP contribution in [0.1, 0.15) is 31.1 Å². The molecular formula is C14H17NO2. The Morgan fingerprint density at radius 2 is 2.00 bits per heavy atom. The van der Waals surface area contributed by atoms with Gasteiger partial charge in [0.15, 0.2) is 5.78 Å². The number of Topliss-reactive ketones (excluding diaryl/α,β-unsaturated/α-hetero) is 1. The maximum Gasteiger partial charge on any atom is 0.170 e. The van der Waals surface area contributed by atoms with Crippen LogP contribution in [0.3, 0.4) is 0 Å². The number of rotatable bonds is 2. The van der Waals surface area contributed by atoms with Gasteiger partial charge in [-0.25, -0.2) is 0 Å². The van der Waals surface area contributed by atoms with Gasteiger partial charge < -0.3 is 9.72 Å². The zero-order chi connectivity index (χ0) is 12.6. The highest BCUT2D eigenvalue weighted by molar-refractivity contribution is 6.11. The van der Waals surface area contributed by atoms with Gasteiger partial charge in [-0.3, -0.25) is 4.79 Å². The molecule has 17 heavy (non-hydrogen) atoms. The van der Waals surface area contributed by atoms with E-state index in [9.17, 15) is 4.79 Å². The molecule has 3 nitrogen and oxygen atoms in total. The van der Waals surface area contributed by atoms with Crippen LogP contribution >= 0.6 is 0 Å². The summed E-state index contributed by atoms with van der Waals surface area (Å²) in [6, 6.07) is 5.72. The summed E-state index contributed by atoms with van der Waals surface area (Å²) in [5.74, 6) is 0.851. The molecule has 0 amide bonds. The number of nitrogens with one attached hydrogen (secondary N) is 1. The van der Waals surface area contributed by atoms with E-state index >= 15 is 0 Å². The fraction of sp³-hybridized carbons (Fsp3) is 0.357. The van der Waals surface area contributed by atoms with E-state index in [1.807, 2.05) is 39.0 Å². The van der Waals surface area contributed by atoms with Crippen LogP contribution in [0.4, 0.5) is 0 Å².